The minimum absolute atomic E-state index is 0.274. The maximum Gasteiger partial charge on any atom is 0.414 e. The molecule has 1 aliphatic heterocycles. The molecule has 150 valence electrons. The maximum absolute atomic E-state index is 11.8. The van der Waals surface area contributed by atoms with Gasteiger partial charge in [-0.3, -0.25) is 4.90 Å². The fourth-order valence-corrected chi connectivity index (χ4v) is 3.56. The Hall–Kier alpha value is -2.24. The molecule has 0 saturated heterocycles. The Morgan fingerprint density at radius 1 is 1.21 bits per heavy atom. The highest BCUT2D eigenvalue weighted by Gasteiger charge is 2.25. The molecular weight excluding hydrogens is 376 g/mol. The molecule has 0 N–H and O–H groups in total. The van der Waals surface area contributed by atoms with Crippen LogP contribution in [0, 0.1) is 6.92 Å². The summed E-state index contributed by atoms with van der Waals surface area (Å²) in [7, 11) is 5.49. The van der Waals surface area contributed by atoms with Crippen molar-refractivity contribution in [3.05, 3.63) is 58.1 Å². The fraction of sp³-hybridized carbons (Fsp3) is 0.409. The molecule has 3 rings (SSSR count). The number of halogens is 1. The lowest BCUT2D eigenvalue weighted by atomic mass is 9.91. The third kappa shape index (κ3) is 4.78. The van der Waals surface area contributed by atoms with Crippen molar-refractivity contribution in [1.29, 1.82) is 0 Å². The number of hydrogen-bond donors (Lipinski definition) is 0. The molecule has 0 bridgehead atoms. The van der Waals surface area contributed by atoms with Crippen LogP contribution in [0.4, 0.5) is 4.79 Å². The van der Waals surface area contributed by atoms with Crippen molar-refractivity contribution >= 4 is 17.7 Å². The summed E-state index contributed by atoms with van der Waals surface area (Å²) in [5, 5.41) is 0.749. The second-order valence-electron chi connectivity index (χ2n) is 7.42. The van der Waals surface area contributed by atoms with Gasteiger partial charge in [-0.2, -0.15) is 0 Å². The number of fused-ring (bicyclic) bond motifs is 1. The number of nitrogens with zero attached hydrogens (tertiary/aromatic N) is 2. The number of benzene rings is 2. The first-order valence-corrected chi connectivity index (χ1v) is 9.84. The average molecular weight is 403 g/mol. The maximum atomic E-state index is 11.8. The van der Waals surface area contributed by atoms with Crippen LogP contribution in [0.2, 0.25) is 5.02 Å². The van der Waals surface area contributed by atoms with E-state index in [-0.39, 0.29) is 12.1 Å². The van der Waals surface area contributed by atoms with Gasteiger partial charge in [-0.15, -0.1) is 0 Å². The lowest BCUT2D eigenvalue weighted by molar-refractivity contribution is 0.171. The molecule has 0 aliphatic carbocycles. The van der Waals surface area contributed by atoms with E-state index in [0.29, 0.717) is 12.4 Å². The van der Waals surface area contributed by atoms with E-state index in [4.69, 9.17) is 21.1 Å². The van der Waals surface area contributed by atoms with Gasteiger partial charge in [0.2, 0.25) is 0 Å². The van der Waals surface area contributed by atoms with Crippen molar-refractivity contribution in [2.24, 2.45) is 0 Å². The highest BCUT2D eigenvalue weighted by molar-refractivity contribution is 6.31. The van der Waals surface area contributed by atoms with Gasteiger partial charge in [0.15, 0.2) is 0 Å². The number of ether oxygens (including phenoxy) is 2. The second kappa shape index (κ2) is 8.84. The van der Waals surface area contributed by atoms with E-state index in [2.05, 4.69) is 18.0 Å². The minimum atomic E-state index is -0.365. The highest BCUT2D eigenvalue weighted by atomic mass is 35.5. The molecule has 2 aromatic rings. The fourth-order valence-electron chi connectivity index (χ4n) is 3.44. The molecule has 1 aliphatic rings. The molecule has 0 saturated carbocycles. The van der Waals surface area contributed by atoms with Gasteiger partial charge >= 0.3 is 6.09 Å². The normalized spacial score (nSPS) is 16.4. The molecule has 28 heavy (non-hydrogen) atoms. The monoisotopic (exact) mass is 402 g/mol. The summed E-state index contributed by atoms with van der Waals surface area (Å²) in [6.45, 7) is 3.55. The standard InChI is InChI=1S/C22H27ClN2O3/c1-15-13-17(6-8-20(15)23)27-12-10-21-19-7-5-18(28-22(26)24(2)3)14-16(19)9-11-25(21)4/h5-8,13-14,21H,9-12H2,1-4H3/t21-/m1/s1. The molecule has 5 nitrogen and oxygen atoms in total. The van der Waals surface area contributed by atoms with Crippen LogP contribution in [0.1, 0.15) is 29.2 Å². The van der Waals surface area contributed by atoms with E-state index in [1.807, 2.05) is 37.3 Å². The van der Waals surface area contributed by atoms with Crippen molar-refractivity contribution in [3.63, 3.8) is 0 Å². The summed E-state index contributed by atoms with van der Waals surface area (Å²) in [6, 6.07) is 11.9. The van der Waals surface area contributed by atoms with E-state index < -0.39 is 0 Å². The summed E-state index contributed by atoms with van der Waals surface area (Å²) < 4.78 is 11.4. The van der Waals surface area contributed by atoms with Crippen LogP contribution < -0.4 is 9.47 Å². The summed E-state index contributed by atoms with van der Waals surface area (Å²) in [4.78, 5) is 15.6. The molecule has 1 heterocycles. The van der Waals surface area contributed by atoms with Gasteiger partial charge in [0.1, 0.15) is 11.5 Å². The third-order valence-corrected chi connectivity index (χ3v) is 5.52. The predicted octanol–water partition coefficient (Wildman–Crippen LogP) is 4.71. The lowest BCUT2D eigenvalue weighted by Crippen LogP contribution is -2.33. The van der Waals surface area contributed by atoms with E-state index >= 15 is 0 Å². The zero-order valence-electron chi connectivity index (χ0n) is 16.9. The summed E-state index contributed by atoms with van der Waals surface area (Å²) in [5.41, 5.74) is 3.52. The zero-order valence-corrected chi connectivity index (χ0v) is 17.6. The Balaban J connectivity index is 1.67. The third-order valence-electron chi connectivity index (χ3n) is 5.10. The Morgan fingerprint density at radius 3 is 2.68 bits per heavy atom. The number of carbonyl (C=O) groups excluding carboxylic acids is 1. The highest BCUT2D eigenvalue weighted by Crippen LogP contribution is 2.33. The topological polar surface area (TPSA) is 42.0 Å². The van der Waals surface area contributed by atoms with Gasteiger partial charge in [0.05, 0.1) is 6.61 Å². The molecule has 0 aromatic heterocycles. The Morgan fingerprint density at radius 2 is 1.96 bits per heavy atom. The van der Waals surface area contributed by atoms with Crippen LogP contribution >= 0.6 is 11.6 Å². The number of amides is 1. The van der Waals surface area contributed by atoms with Gasteiger partial charge in [-0.1, -0.05) is 17.7 Å². The minimum Gasteiger partial charge on any atom is -0.494 e. The van der Waals surface area contributed by atoms with Crippen LogP contribution in [0.5, 0.6) is 11.5 Å². The summed E-state index contributed by atoms with van der Waals surface area (Å²) in [6.07, 6.45) is 1.45. The van der Waals surface area contributed by atoms with Crippen LogP contribution in [0.3, 0.4) is 0 Å². The molecule has 1 amide bonds. The molecule has 1 atom stereocenters. The molecule has 0 unspecified atom stereocenters. The Kier molecular flexibility index (Phi) is 6.47. The van der Waals surface area contributed by atoms with Crippen molar-refractivity contribution < 1.29 is 14.3 Å². The van der Waals surface area contributed by atoms with Crippen molar-refractivity contribution in [1.82, 2.24) is 9.80 Å². The van der Waals surface area contributed by atoms with Crippen molar-refractivity contribution in [2.45, 2.75) is 25.8 Å². The van der Waals surface area contributed by atoms with E-state index in [1.165, 1.54) is 16.0 Å². The quantitative estimate of drug-likeness (QED) is 0.726. The van der Waals surface area contributed by atoms with Crippen molar-refractivity contribution in [3.8, 4) is 11.5 Å². The summed E-state index contributed by atoms with van der Waals surface area (Å²) >= 11 is 6.08. The van der Waals surface area contributed by atoms with Crippen LogP contribution in [0.25, 0.3) is 0 Å². The second-order valence-corrected chi connectivity index (χ2v) is 7.82. The van der Waals surface area contributed by atoms with Crippen LogP contribution in [-0.2, 0) is 6.42 Å². The number of carbonyl (C=O) groups is 1. The molecule has 2 aromatic carbocycles. The first-order chi connectivity index (χ1) is 13.3. The molecule has 0 radical (unpaired) electrons. The number of hydrogen-bond acceptors (Lipinski definition) is 4. The molecule has 0 fully saturated rings. The van der Waals surface area contributed by atoms with Gasteiger partial charge < -0.3 is 14.4 Å². The average Bonchev–Trinajstić information content (AvgIpc) is 2.66. The smallest absolute Gasteiger partial charge is 0.414 e. The van der Waals surface area contributed by atoms with Crippen LogP contribution in [0.15, 0.2) is 36.4 Å². The first kappa shape index (κ1) is 20.5. The first-order valence-electron chi connectivity index (χ1n) is 9.46. The van der Waals surface area contributed by atoms with Crippen LogP contribution in [-0.4, -0.2) is 50.2 Å². The number of aryl methyl sites for hydroxylation is 1. The molecular formula is C22H27ClN2O3. The molecule has 6 heteroatoms. The number of rotatable bonds is 5. The number of likely N-dealkylation sites (N-methyl/N-ethyl adjacent to an activating group) is 1. The van der Waals surface area contributed by atoms with Gasteiger partial charge in [-0.25, -0.2) is 4.79 Å². The van der Waals surface area contributed by atoms with E-state index in [1.54, 1.807) is 14.1 Å². The summed E-state index contributed by atoms with van der Waals surface area (Å²) in [5.74, 6) is 1.43. The Labute approximate surface area is 171 Å². The van der Waals surface area contributed by atoms with E-state index in [0.717, 1.165) is 35.7 Å². The predicted molar refractivity (Wildman–Crippen MR) is 112 cm³/mol. The van der Waals surface area contributed by atoms with Crippen molar-refractivity contribution in [2.75, 3.05) is 34.3 Å². The molecule has 0 spiro atoms. The SMILES string of the molecule is Cc1cc(OCC[C@@H]2c3ccc(OC(=O)N(C)C)cc3CCN2C)ccc1Cl. The Bertz CT molecular complexity index is 854. The van der Waals surface area contributed by atoms with Gasteiger partial charge in [0.25, 0.3) is 0 Å². The lowest BCUT2D eigenvalue weighted by Gasteiger charge is -2.34. The largest absolute Gasteiger partial charge is 0.494 e. The van der Waals surface area contributed by atoms with Gasteiger partial charge in [-0.05, 0) is 67.4 Å². The van der Waals surface area contributed by atoms with Gasteiger partial charge in [0, 0.05) is 38.1 Å². The van der Waals surface area contributed by atoms with E-state index in [9.17, 15) is 4.79 Å². The zero-order chi connectivity index (χ0) is 20.3.